The Balaban J connectivity index is 1.24. The molecule has 8 rings (SSSR count). The van der Waals surface area contributed by atoms with Crippen LogP contribution in [0.5, 0.6) is 11.8 Å². The second-order valence-corrected chi connectivity index (χ2v) is 15.7. The molecule has 2 aromatic carbocycles. The van der Waals surface area contributed by atoms with Crippen LogP contribution in [0, 0.1) is 18.2 Å². The van der Waals surface area contributed by atoms with Crippen molar-refractivity contribution in [1.29, 1.82) is 0 Å². The molecular formula is C40H43F2N5O7. The van der Waals surface area contributed by atoms with E-state index in [1.54, 1.807) is 29.2 Å². The summed E-state index contributed by atoms with van der Waals surface area (Å²) < 4.78 is 58.8. The first-order chi connectivity index (χ1) is 25.9. The molecule has 2 unspecified atom stereocenters. The van der Waals surface area contributed by atoms with Gasteiger partial charge in [-0.05, 0) is 76.6 Å². The number of anilines is 1. The maximum atomic E-state index is 15.1. The van der Waals surface area contributed by atoms with Crippen LogP contribution < -0.4 is 20.0 Å². The minimum Gasteiger partial charge on any atom is -0.468 e. The summed E-state index contributed by atoms with van der Waals surface area (Å²) in [6.07, 6.45) is 8.11. The van der Waals surface area contributed by atoms with E-state index in [2.05, 4.69) is 10.8 Å². The Morgan fingerprint density at radius 1 is 1.09 bits per heavy atom. The molecule has 6 heterocycles. The number of carbonyl (C=O) groups is 1. The fraction of sp³-hybridized carbons (Fsp3) is 0.500. The zero-order valence-corrected chi connectivity index (χ0v) is 30.8. The molecule has 2 aromatic heterocycles. The van der Waals surface area contributed by atoms with Crippen LogP contribution in [0.1, 0.15) is 58.4 Å². The highest BCUT2D eigenvalue weighted by Gasteiger charge is 2.50. The van der Waals surface area contributed by atoms with E-state index in [9.17, 15) is 14.0 Å². The summed E-state index contributed by atoms with van der Waals surface area (Å²) >= 11 is 0. The molecule has 0 spiro atoms. The standard InChI is InChI=1S/C40H43F2N5O7/c1-6-28-30(42)11-8-23-14-27(52-22-50-5)15-29(33(23)28)32-16-31-34(36(48)53-32)35(44-37(43-31)51-21-40-12-7-13-46(40)18-24(41)17-40)45-19-25-9-10-26(20-45)47(25)38(49)54-39(2,3)4/h1,8,11,14-16,24-26H,7,9-10,12-13,17-22H2,2-5H3/t24-,25?,26?,40+/m1/s1. The molecule has 12 nitrogen and oxygen atoms in total. The van der Waals surface area contributed by atoms with Crippen molar-refractivity contribution in [3.05, 3.63) is 52.1 Å². The summed E-state index contributed by atoms with van der Waals surface area (Å²) in [7, 11) is 1.49. The van der Waals surface area contributed by atoms with E-state index >= 15 is 4.39 Å². The Kier molecular flexibility index (Phi) is 9.13. The summed E-state index contributed by atoms with van der Waals surface area (Å²) in [5, 5.41) is 1.04. The maximum absolute atomic E-state index is 15.1. The first-order valence-electron chi connectivity index (χ1n) is 18.4. The monoisotopic (exact) mass is 743 g/mol. The molecule has 4 saturated heterocycles. The van der Waals surface area contributed by atoms with Gasteiger partial charge in [-0.25, -0.2) is 18.4 Å². The largest absolute Gasteiger partial charge is 0.468 e. The van der Waals surface area contributed by atoms with Crippen molar-refractivity contribution in [1.82, 2.24) is 19.8 Å². The average Bonchev–Trinajstić information content (AvgIpc) is 3.74. The van der Waals surface area contributed by atoms with Gasteiger partial charge in [-0.2, -0.15) is 9.97 Å². The van der Waals surface area contributed by atoms with Gasteiger partial charge in [-0.15, -0.1) is 6.42 Å². The molecule has 14 heteroatoms. The molecule has 4 fully saturated rings. The molecule has 0 saturated carbocycles. The molecule has 1 amide bonds. The third-order valence-corrected chi connectivity index (χ3v) is 11.0. The number of rotatable bonds is 8. The SMILES string of the molecule is C#Cc1c(F)ccc2cc(OCOC)cc(-c3cc4nc(OC[C@@]56CCCN5C[C@H](F)C6)nc(N5CC6CCC(C5)N6C(=O)OC(C)(C)C)c4c(=O)o3)c12. The minimum atomic E-state index is -0.942. The summed E-state index contributed by atoms with van der Waals surface area (Å²) in [6.45, 7) is 7.57. The van der Waals surface area contributed by atoms with Crippen molar-refractivity contribution in [2.75, 3.05) is 51.6 Å². The van der Waals surface area contributed by atoms with Crippen LogP contribution in [0.4, 0.5) is 19.4 Å². The fourth-order valence-electron chi connectivity index (χ4n) is 8.77. The molecule has 0 radical (unpaired) electrons. The summed E-state index contributed by atoms with van der Waals surface area (Å²) in [5.41, 5.74) is -1.29. The number of ether oxygens (including phenoxy) is 4. The van der Waals surface area contributed by atoms with Gasteiger partial charge in [0.25, 0.3) is 0 Å². The normalized spacial score (nSPS) is 23.9. The number of piperazine rings is 1. The number of nitrogens with zero attached hydrogens (tertiary/aromatic N) is 5. The van der Waals surface area contributed by atoms with Crippen LogP contribution in [0.3, 0.4) is 0 Å². The highest BCUT2D eigenvalue weighted by Crippen LogP contribution is 2.42. The molecule has 0 N–H and O–H groups in total. The van der Waals surface area contributed by atoms with Crippen LogP contribution in [-0.4, -0.2) is 102 Å². The van der Waals surface area contributed by atoms with Crippen LogP contribution >= 0.6 is 0 Å². The number of terminal acetylenes is 1. The van der Waals surface area contributed by atoms with Crippen molar-refractivity contribution < 1.29 is 36.9 Å². The Morgan fingerprint density at radius 3 is 2.59 bits per heavy atom. The Morgan fingerprint density at radius 2 is 1.87 bits per heavy atom. The number of halogens is 2. The van der Waals surface area contributed by atoms with E-state index in [0.717, 1.165) is 32.2 Å². The number of hydrogen-bond acceptors (Lipinski definition) is 11. The zero-order valence-electron chi connectivity index (χ0n) is 30.8. The summed E-state index contributed by atoms with van der Waals surface area (Å²) in [6, 6.07) is 7.42. The van der Waals surface area contributed by atoms with E-state index in [4.69, 9.17) is 39.8 Å². The number of benzene rings is 2. The number of aromatic nitrogens is 2. The quantitative estimate of drug-likeness (QED) is 0.155. The Labute approximate surface area is 311 Å². The molecule has 2 bridgehead atoms. The Bertz CT molecular complexity index is 2220. The molecule has 4 atom stereocenters. The van der Waals surface area contributed by atoms with Gasteiger partial charge in [0.15, 0.2) is 12.6 Å². The van der Waals surface area contributed by atoms with Gasteiger partial charge in [0.05, 0.1) is 28.7 Å². The second-order valence-electron chi connectivity index (χ2n) is 15.7. The van der Waals surface area contributed by atoms with Crippen LogP contribution in [0.2, 0.25) is 0 Å². The second kappa shape index (κ2) is 13.7. The van der Waals surface area contributed by atoms with Crippen molar-refractivity contribution in [3.8, 4) is 35.4 Å². The van der Waals surface area contributed by atoms with E-state index in [-0.39, 0.29) is 59.8 Å². The number of amides is 1. The smallest absolute Gasteiger partial charge is 0.410 e. The van der Waals surface area contributed by atoms with Gasteiger partial charge in [0, 0.05) is 50.2 Å². The third kappa shape index (κ3) is 6.47. The molecule has 0 aliphatic carbocycles. The van der Waals surface area contributed by atoms with Crippen LogP contribution in [0.15, 0.2) is 39.5 Å². The highest BCUT2D eigenvalue weighted by molar-refractivity contribution is 6.02. The molecule has 4 aromatic rings. The molecule has 4 aliphatic rings. The van der Waals surface area contributed by atoms with Gasteiger partial charge in [-0.1, -0.05) is 12.0 Å². The van der Waals surface area contributed by atoms with Crippen LogP contribution in [0.25, 0.3) is 33.0 Å². The number of alkyl halides is 1. The number of methoxy groups -OCH3 is 1. The average molecular weight is 744 g/mol. The fourth-order valence-corrected chi connectivity index (χ4v) is 8.77. The summed E-state index contributed by atoms with van der Waals surface area (Å²) in [5.74, 6) is 2.60. The van der Waals surface area contributed by atoms with Crippen LogP contribution in [-0.2, 0) is 9.47 Å². The Hall–Kier alpha value is -5.00. The van der Waals surface area contributed by atoms with Gasteiger partial charge < -0.3 is 28.3 Å². The van der Waals surface area contributed by atoms with Gasteiger partial charge >= 0.3 is 17.7 Å². The predicted octanol–water partition coefficient (Wildman–Crippen LogP) is 6.05. The van der Waals surface area contributed by atoms with Crippen molar-refractivity contribution in [2.45, 2.75) is 82.3 Å². The lowest BCUT2D eigenvalue weighted by Gasteiger charge is -2.41. The van der Waals surface area contributed by atoms with E-state index in [1.807, 2.05) is 25.7 Å². The number of fused-ring (bicyclic) bond motifs is 5. The third-order valence-electron chi connectivity index (χ3n) is 11.0. The van der Waals surface area contributed by atoms with Gasteiger partial charge in [0.1, 0.15) is 41.1 Å². The maximum Gasteiger partial charge on any atom is 0.410 e. The first kappa shape index (κ1) is 36.0. The van der Waals surface area contributed by atoms with Crippen molar-refractivity contribution >= 4 is 33.6 Å². The van der Waals surface area contributed by atoms with Crippen molar-refractivity contribution in [3.63, 3.8) is 0 Å². The lowest BCUT2D eigenvalue weighted by Crippen LogP contribution is -2.57. The highest BCUT2D eigenvalue weighted by atomic mass is 19.1. The van der Waals surface area contributed by atoms with Gasteiger partial charge in [-0.3, -0.25) is 9.80 Å². The lowest BCUT2D eigenvalue weighted by molar-refractivity contribution is 0.0122. The topological polar surface area (TPSA) is 120 Å². The predicted molar refractivity (Wildman–Crippen MR) is 197 cm³/mol. The van der Waals surface area contributed by atoms with Crippen molar-refractivity contribution in [2.24, 2.45) is 0 Å². The zero-order chi connectivity index (χ0) is 37.9. The lowest BCUT2D eigenvalue weighted by atomic mass is 9.95. The summed E-state index contributed by atoms with van der Waals surface area (Å²) in [4.78, 5) is 43.0. The molecule has 284 valence electrons. The van der Waals surface area contributed by atoms with E-state index in [1.165, 1.54) is 13.2 Å². The number of carbonyl (C=O) groups excluding carboxylic acids is 1. The molecule has 4 aliphatic heterocycles. The van der Waals surface area contributed by atoms with E-state index in [0.29, 0.717) is 54.0 Å². The van der Waals surface area contributed by atoms with E-state index < -0.39 is 28.8 Å². The van der Waals surface area contributed by atoms with Gasteiger partial charge in [0.2, 0.25) is 0 Å². The first-order valence-corrected chi connectivity index (χ1v) is 18.4. The minimum absolute atomic E-state index is 0.00243. The molecule has 54 heavy (non-hydrogen) atoms. The molecular weight excluding hydrogens is 700 g/mol. The number of hydrogen-bond donors (Lipinski definition) is 0.